The van der Waals surface area contributed by atoms with Crippen LogP contribution in [0.3, 0.4) is 0 Å². The molecule has 0 amide bonds. The van der Waals surface area contributed by atoms with Crippen molar-refractivity contribution in [2.45, 2.75) is 6.92 Å². The molecule has 1 N–H and O–H groups in total. The van der Waals surface area contributed by atoms with E-state index in [2.05, 4.69) is 15.0 Å². The maximum atomic E-state index is 12.3. The van der Waals surface area contributed by atoms with Crippen LogP contribution in [-0.2, 0) is 0 Å². The van der Waals surface area contributed by atoms with Gasteiger partial charge in [0, 0.05) is 40.6 Å². The summed E-state index contributed by atoms with van der Waals surface area (Å²) in [5.74, 6) is -0.250. The molecule has 0 atom stereocenters. The number of nitrogens with zero attached hydrogens (tertiary/aromatic N) is 2. The highest BCUT2D eigenvalue weighted by atomic mass is 16.1. The molecule has 5 nitrogen and oxygen atoms in total. The molecule has 2 heterocycles. The Morgan fingerprint density at radius 2 is 2.05 bits per heavy atom. The summed E-state index contributed by atoms with van der Waals surface area (Å²) in [7, 11) is 0. The van der Waals surface area contributed by atoms with Crippen molar-refractivity contribution in [3.8, 4) is 0 Å². The molecule has 0 spiro atoms. The minimum absolute atomic E-state index is 0.106. The van der Waals surface area contributed by atoms with E-state index in [4.69, 9.17) is 0 Å². The van der Waals surface area contributed by atoms with Gasteiger partial charge in [0.25, 0.3) is 0 Å². The maximum absolute atomic E-state index is 12.3. The molecule has 0 saturated carbocycles. The molecule has 98 valence electrons. The highest BCUT2D eigenvalue weighted by molar-refractivity contribution is 6.09. The van der Waals surface area contributed by atoms with E-state index < -0.39 is 0 Å². The average Bonchev–Trinajstić information content (AvgIpc) is 2.47. The smallest absolute Gasteiger partial charge is 0.212 e. The van der Waals surface area contributed by atoms with Gasteiger partial charge >= 0.3 is 0 Å². The van der Waals surface area contributed by atoms with Crippen LogP contribution < -0.4 is 5.43 Å². The SMILES string of the molecule is Cc1cc(=O)c2cc(C(=O)c3cnccn3)ccc2[nH]1. The van der Waals surface area contributed by atoms with Gasteiger partial charge in [-0.15, -0.1) is 0 Å². The van der Waals surface area contributed by atoms with Crippen LogP contribution in [0.1, 0.15) is 21.7 Å². The van der Waals surface area contributed by atoms with Gasteiger partial charge < -0.3 is 4.98 Å². The fraction of sp³-hybridized carbons (Fsp3) is 0.0667. The first-order valence-electron chi connectivity index (χ1n) is 6.09. The highest BCUT2D eigenvalue weighted by Crippen LogP contribution is 2.13. The summed E-state index contributed by atoms with van der Waals surface area (Å²) in [6.45, 7) is 1.82. The van der Waals surface area contributed by atoms with Gasteiger partial charge in [-0.2, -0.15) is 0 Å². The molecule has 0 aliphatic rings. The first-order valence-corrected chi connectivity index (χ1v) is 6.09. The van der Waals surface area contributed by atoms with Crippen molar-refractivity contribution in [1.29, 1.82) is 0 Å². The summed E-state index contributed by atoms with van der Waals surface area (Å²) in [4.78, 5) is 35.1. The van der Waals surface area contributed by atoms with Crippen LogP contribution in [0.4, 0.5) is 0 Å². The number of H-pyrrole nitrogens is 1. The Labute approximate surface area is 114 Å². The second-order valence-corrected chi connectivity index (χ2v) is 4.50. The van der Waals surface area contributed by atoms with E-state index in [1.54, 1.807) is 18.2 Å². The lowest BCUT2D eigenvalue weighted by molar-refractivity contribution is 0.103. The number of benzene rings is 1. The first-order chi connectivity index (χ1) is 9.65. The molecular formula is C15H11N3O2. The molecule has 1 aromatic carbocycles. The molecule has 0 bridgehead atoms. The predicted molar refractivity (Wildman–Crippen MR) is 74.8 cm³/mol. The predicted octanol–water partition coefficient (Wildman–Crippen LogP) is 1.86. The number of rotatable bonds is 2. The third-order valence-corrected chi connectivity index (χ3v) is 3.02. The number of carbonyl (C=O) groups excluding carboxylic acids is 1. The van der Waals surface area contributed by atoms with Gasteiger partial charge in [-0.25, -0.2) is 4.98 Å². The van der Waals surface area contributed by atoms with Crippen molar-refractivity contribution >= 4 is 16.7 Å². The standard InChI is InChI=1S/C15H11N3O2/c1-9-6-14(19)11-7-10(2-3-12(11)18-9)15(20)13-8-16-4-5-17-13/h2-8H,1H3,(H,18,19). The number of fused-ring (bicyclic) bond motifs is 1. The molecule has 20 heavy (non-hydrogen) atoms. The van der Waals surface area contributed by atoms with Crippen molar-refractivity contribution in [1.82, 2.24) is 15.0 Å². The van der Waals surface area contributed by atoms with E-state index in [9.17, 15) is 9.59 Å². The Kier molecular flexibility index (Phi) is 2.87. The number of aryl methyl sites for hydroxylation is 1. The lowest BCUT2D eigenvalue weighted by atomic mass is 10.1. The van der Waals surface area contributed by atoms with E-state index in [0.29, 0.717) is 16.5 Å². The monoisotopic (exact) mass is 265 g/mol. The summed E-state index contributed by atoms with van der Waals surface area (Å²) in [5.41, 5.74) is 2.08. The van der Waals surface area contributed by atoms with Crippen LogP contribution in [0.15, 0.2) is 47.7 Å². The number of pyridine rings is 1. The Hall–Kier alpha value is -2.82. The van der Waals surface area contributed by atoms with Crippen LogP contribution in [-0.4, -0.2) is 20.7 Å². The van der Waals surface area contributed by atoms with Crippen molar-refractivity contribution in [2.24, 2.45) is 0 Å². The van der Waals surface area contributed by atoms with E-state index in [1.165, 1.54) is 24.7 Å². The number of ketones is 1. The fourth-order valence-electron chi connectivity index (χ4n) is 2.09. The van der Waals surface area contributed by atoms with Gasteiger partial charge in [0.2, 0.25) is 5.78 Å². The largest absolute Gasteiger partial charge is 0.358 e. The zero-order valence-electron chi connectivity index (χ0n) is 10.8. The highest BCUT2D eigenvalue weighted by Gasteiger charge is 2.12. The van der Waals surface area contributed by atoms with E-state index in [1.807, 2.05) is 6.92 Å². The van der Waals surface area contributed by atoms with Crippen LogP contribution >= 0.6 is 0 Å². The number of hydrogen-bond acceptors (Lipinski definition) is 4. The van der Waals surface area contributed by atoms with Crippen molar-refractivity contribution in [2.75, 3.05) is 0 Å². The molecular weight excluding hydrogens is 254 g/mol. The van der Waals surface area contributed by atoms with E-state index in [-0.39, 0.29) is 16.9 Å². The Balaban J connectivity index is 2.15. The molecule has 2 aromatic heterocycles. The molecule has 5 heteroatoms. The van der Waals surface area contributed by atoms with Gasteiger partial charge in [0.15, 0.2) is 5.43 Å². The minimum atomic E-state index is -0.250. The summed E-state index contributed by atoms with van der Waals surface area (Å²) >= 11 is 0. The van der Waals surface area contributed by atoms with Crippen LogP contribution in [0.25, 0.3) is 10.9 Å². The fourth-order valence-corrected chi connectivity index (χ4v) is 2.09. The normalized spacial score (nSPS) is 10.7. The van der Waals surface area contributed by atoms with Crippen molar-refractivity contribution in [3.63, 3.8) is 0 Å². The molecule has 0 aliphatic heterocycles. The Bertz CT molecular complexity index is 854. The van der Waals surface area contributed by atoms with Gasteiger partial charge in [0.05, 0.1) is 6.20 Å². The third-order valence-electron chi connectivity index (χ3n) is 3.02. The summed E-state index contributed by atoms with van der Waals surface area (Å²) < 4.78 is 0. The first kappa shape index (κ1) is 12.2. The zero-order valence-corrected chi connectivity index (χ0v) is 10.8. The second kappa shape index (κ2) is 4.70. The molecule has 0 fully saturated rings. The number of aromatic nitrogens is 3. The zero-order chi connectivity index (χ0) is 14.1. The van der Waals surface area contributed by atoms with E-state index >= 15 is 0 Å². The summed E-state index contributed by atoms with van der Waals surface area (Å²) in [6.07, 6.45) is 4.38. The summed E-state index contributed by atoms with van der Waals surface area (Å²) in [5, 5.41) is 0.491. The number of aromatic amines is 1. The number of carbonyl (C=O) groups is 1. The Morgan fingerprint density at radius 3 is 2.80 bits per heavy atom. The number of nitrogens with one attached hydrogen (secondary N) is 1. The third kappa shape index (κ3) is 2.09. The molecule has 0 radical (unpaired) electrons. The molecule has 0 unspecified atom stereocenters. The molecule has 0 saturated heterocycles. The van der Waals surface area contributed by atoms with Gasteiger partial charge in [-0.05, 0) is 25.1 Å². The van der Waals surface area contributed by atoms with Crippen molar-refractivity contribution in [3.05, 3.63) is 70.0 Å². The van der Waals surface area contributed by atoms with Gasteiger partial charge in [-0.3, -0.25) is 14.6 Å². The topological polar surface area (TPSA) is 75.7 Å². The summed E-state index contributed by atoms with van der Waals surface area (Å²) in [6, 6.07) is 6.51. The van der Waals surface area contributed by atoms with Crippen molar-refractivity contribution < 1.29 is 4.79 Å². The van der Waals surface area contributed by atoms with E-state index in [0.717, 1.165) is 5.69 Å². The number of hydrogen-bond donors (Lipinski definition) is 1. The molecule has 0 aliphatic carbocycles. The minimum Gasteiger partial charge on any atom is -0.358 e. The van der Waals surface area contributed by atoms with Crippen LogP contribution in [0.2, 0.25) is 0 Å². The van der Waals surface area contributed by atoms with Gasteiger partial charge in [-0.1, -0.05) is 0 Å². The van der Waals surface area contributed by atoms with Gasteiger partial charge in [0.1, 0.15) is 5.69 Å². The van der Waals surface area contributed by atoms with Crippen LogP contribution in [0.5, 0.6) is 0 Å². The quantitative estimate of drug-likeness (QED) is 0.717. The second-order valence-electron chi connectivity index (χ2n) is 4.50. The molecule has 3 aromatic rings. The molecule has 3 rings (SSSR count). The Morgan fingerprint density at radius 1 is 1.20 bits per heavy atom. The van der Waals surface area contributed by atoms with Crippen LogP contribution in [0, 0.1) is 6.92 Å². The average molecular weight is 265 g/mol. The maximum Gasteiger partial charge on any atom is 0.212 e. The lowest BCUT2D eigenvalue weighted by Gasteiger charge is -2.03. The lowest BCUT2D eigenvalue weighted by Crippen LogP contribution is -2.07.